The summed E-state index contributed by atoms with van der Waals surface area (Å²) in [5.74, 6) is 0.192. The van der Waals surface area contributed by atoms with Gasteiger partial charge in [0, 0.05) is 25.7 Å². The minimum atomic E-state index is -4.96. The first-order valence-corrected chi connectivity index (χ1v) is 43.8. The highest BCUT2D eigenvalue weighted by molar-refractivity contribution is 7.47. The van der Waals surface area contributed by atoms with Crippen LogP contribution in [0.5, 0.6) is 0 Å². The third-order valence-corrected chi connectivity index (χ3v) is 20.3. The fourth-order valence-electron chi connectivity index (χ4n) is 12.1. The molecule has 0 heterocycles. The molecule has 0 aliphatic carbocycles. The second kappa shape index (κ2) is 69.4. The highest BCUT2D eigenvalue weighted by Crippen LogP contribution is 2.45. The number of rotatable bonds is 77. The summed E-state index contributed by atoms with van der Waals surface area (Å²) in [7, 11) is -9.92. The van der Waals surface area contributed by atoms with Crippen molar-refractivity contribution in [1.82, 2.24) is 0 Å². The summed E-state index contributed by atoms with van der Waals surface area (Å²) < 4.78 is 68.7. The Hall–Kier alpha value is -1.94. The number of esters is 4. The number of hydrogen-bond donors (Lipinski definition) is 3. The second-order valence-corrected chi connectivity index (χ2v) is 32.8. The van der Waals surface area contributed by atoms with Crippen LogP contribution in [0.15, 0.2) is 0 Å². The fraction of sp³-hybridized carbons (Fsp3) is 0.949. The molecule has 0 rings (SSSR count). The summed E-state index contributed by atoms with van der Waals surface area (Å²) in [5.41, 5.74) is 0. The van der Waals surface area contributed by atoms with Gasteiger partial charge in [-0.2, -0.15) is 0 Å². The number of hydrogen-bond acceptors (Lipinski definition) is 15. The van der Waals surface area contributed by atoms with Gasteiger partial charge in [0.25, 0.3) is 0 Å². The van der Waals surface area contributed by atoms with Crippen molar-refractivity contribution >= 4 is 39.5 Å². The van der Waals surface area contributed by atoms with E-state index >= 15 is 0 Å². The first-order chi connectivity index (χ1) is 47.2. The van der Waals surface area contributed by atoms with E-state index in [1.165, 1.54) is 218 Å². The second-order valence-electron chi connectivity index (χ2n) is 29.9. The Morgan fingerprint density at radius 2 is 0.469 bits per heavy atom. The summed E-state index contributed by atoms with van der Waals surface area (Å²) in [6.45, 7) is 11.9. The van der Waals surface area contributed by atoms with E-state index < -0.39 is 97.5 Å². The van der Waals surface area contributed by atoms with Crippen molar-refractivity contribution in [3.8, 4) is 0 Å². The molecule has 98 heavy (non-hydrogen) atoms. The average molecular weight is 1440 g/mol. The highest BCUT2D eigenvalue weighted by atomic mass is 31.2. The Morgan fingerprint density at radius 3 is 0.694 bits per heavy atom. The molecule has 0 radical (unpaired) electrons. The normalized spacial score (nSPS) is 14.0. The molecular weight excluding hydrogens is 1280 g/mol. The van der Waals surface area contributed by atoms with Crippen LogP contribution < -0.4 is 0 Å². The Balaban J connectivity index is 5.26. The number of phosphoric acid groups is 2. The maximum absolute atomic E-state index is 13.1. The van der Waals surface area contributed by atoms with Crippen molar-refractivity contribution in [1.29, 1.82) is 0 Å². The molecule has 0 aliphatic rings. The van der Waals surface area contributed by atoms with E-state index in [9.17, 15) is 43.2 Å². The van der Waals surface area contributed by atoms with Gasteiger partial charge in [-0.05, 0) is 43.4 Å². The SMILES string of the molecule is CCCCCCCCCCCCCCCCCC(=O)O[C@H](COC(=O)CCCCCCCCCCC(C)C)COP(=O)(O)OC[C@H](O)COP(=O)(O)OC[C@@H](COC(=O)CCCCCCCCCCCCCCCC(C)C)OC(=O)CCCCCCCCCCCCCCCC(C)C. The van der Waals surface area contributed by atoms with E-state index in [1.807, 2.05) is 0 Å². The summed E-state index contributed by atoms with van der Waals surface area (Å²) in [5, 5.41) is 10.6. The fourth-order valence-corrected chi connectivity index (χ4v) is 13.7. The van der Waals surface area contributed by atoms with Gasteiger partial charge in [0.15, 0.2) is 12.2 Å². The molecule has 0 aliphatic heterocycles. The molecule has 0 saturated heterocycles. The zero-order valence-corrected chi connectivity index (χ0v) is 66.0. The average Bonchev–Trinajstić information content (AvgIpc) is 0.973. The Bertz CT molecular complexity index is 1900. The van der Waals surface area contributed by atoms with Crippen molar-refractivity contribution in [2.45, 2.75) is 426 Å². The van der Waals surface area contributed by atoms with Crippen LogP contribution in [0.2, 0.25) is 0 Å². The van der Waals surface area contributed by atoms with E-state index in [2.05, 4.69) is 48.5 Å². The number of ether oxygens (including phenoxy) is 4. The van der Waals surface area contributed by atoms with Crippen LogP contribution in [0.1, 0.15) is 408 Å². The Labute approximate surface area is 600 Å². The lowest BCUT2D eigenvalue weighted by molar-refractivity contribution is -0.161. The van der Waals surface area contributed by atoms with Gasteiger partial charge in [0.05, 0.1) is 26.4 Å². The van der Waals surface area contributed by atoms with Gasteiger partial charge in [0.1, 0.15) is 19.3 Å². The molecule has 3 N–H and O–H groups in total. The maximum Gasteiger partial charge on any atom is 0.472 e. The third kappa shape index (κ3) is 72.4. The van der Waals surface area contributed by atoms with Crippen LogP contribution in [0.25, 0.3) is 0 Å². The van der Waals surface area contributed by atoms with Crippen molar-refractivity contribution in [2.24, 2.45) is 17.8 Å². The van der Waals surface area contributed by atoms with Gasteiger partial charge in [-0.3, -0.25) is 37.3 Å². The zero-order valence-electron chi connectivity index (χ0n) is 64.3. The minimum Gasteiger partial charge on any atom is -0.462 e. The molecular formula is C79H154O17P2. The third-order valence-electron chi connectivity index (χ3n) is 18.4. The number of unbranched alkanes of at least 4 members (excludes halogenated alkanes) is 45. The van der Waals surface area contributed by atoms with Gasteiger partial charge in [-0.1, -0.05) is 357 Å². The van der Waals surface area contributed by atoms with Crippen molar-refractivity contribution in [3.05, 3.63) is 0 Å². The predicted octanol–water partition coefficient (Wildman–Crippen LogP) is 23.4. The van der Waals surface area contributed by atoms with Gasteiger partial charge in [-0.15, -0.1) is 0 Å². The van der Waals surface area contributed by atoms with Gasteiger partial charge >= 0.3 is 39.5 Å². The van der Waals surface area contributed by atoms with E-state index in [4.69, 9.17) is 37.0 Å². The molecule has 17 nitrogen and oxygen atoms in total. The lowest BCUT2D eigenvalue weighted by Gasteiger charge is -2.21. The molecule has 0 amide bonds. The van der Waals surface area contributed by atoms with E-state index in [0.717, 1.165) is 108 Å². The van der Waals surface area contributed by atoms with Gasteiger partial charge in [-0.25, -0.2) is 9.13 Å². The zero-order chi connectivity index (χ0) is 72.3. The molecule has 0 spiro atoms. The van der Waals surface area contributed by atoms with Crippen molar-refractivity contribution in [3.63, 3.8) is 0 Å². The molecule has 0 fully saturated rings. The lowest BCUT2D eigenvalue weighted by Crippen LogP contribution is -2.30. The number of phosphoric ester groups is 2. The Kier molecular flexibility index (Phi) is 68.1. The number of carbonyl (C=O) groups excluding carboxylic acids is 4. The van der Waals surface area contributed by atoms with Crippen LogP contribution in [-0.4, -0.2) is 96.7 Å². The molecule has 582 valence electrons. The molecule has 19 heteroatoms. The molecule has 0 bridgehead atoms. The smallest absolute Gasteiger partial charge is 0.462 e. The molecule has 0 aromatic carbocycles. The standard InChI is InChI=1S/C79H154O17P2/c1-8-9-10-11-12-13-14-15-16-21-27-32-41-48-55-62-78(83)96-75(67-90-77(82)61-54-47-40-35-34-38-45-52-59-72(6)7)69-94-98(87,88)92-65-73(80)64-91-97(85,86)93-68-74(95-79(84)63-56-49-42-33-28-23-18-20-25-30-37-44-51-58-71(4)5)66-89-76(81)60-53-46-39-31-26-22-17-19-24-29-36-43-50-57-70(2)3/h70-75,80H,8-69H2,1-7H3,(H,85,86)(H,87,88)/t73-,74-,75-/m1/s1. The molecule has 2 unspecified atom stereocenters. The molecule has 5 atom stereocenters. The largest absolute Gasteiger partial charge is 0.472 e. The minimum absolute atomic E-state index is 0.107. The summed E-state index contributed by atoms with van der Waals surface area (Å²) in [6, 6.07) is 0. The molecule has 0 saturated carbocycles. The quantitative estimate of drug-likeness (QED) is 0.0222. The molecule has 0 aromatic heterocycles. The van der Waals surface area contributed by atoms with Crippen LogP contribution in [0.4, 0.5) is 0 Å². The number of aliphatic hydroxyl groups is 1. The van der Waals surface area contributed by atoms with E-state index in [0.29, 0.717) is 25.7 Å². The van der Waals surface area contributed by atoms with E-state index in [1.54, 1.807) is 0 Å². The first kappa shape index (κ1) is 96.1. The topological polar surface area (TPSA) is 237 Å². The maximum atomic E-state index is 13.1. The lowest BCUT2D eigenvalue weighted by atomic mass is 10.0. The van der Waals surface area contributed by atoms with Crippen LogP contribution >= 0.6 is 15.6 Å². The number of carbonyl (C=O) groups is 4. The van der Waals surface area contributed by atoms with Gasteiger partial charge in [0.2, 0.25) is 0 Å². The number of aliphatic hydroxyl groups excluding tert-OH is 1. The summed E-state index contributed by atoms with van der Waals surface area (Å²) >= 11 is 0. The first-order valence-electron chi connectivity index (χ1n) is 40.8. The van der Waals surface area contributed by atoms with E-state index in [-0.39, 0.29) is 25.7 Å². The Morgan fingerprint density at radius 1 is 0.276 bits per heavy atom. The predicted molar refractivity (Wildman–Crippen MR) is 400 cm³/mol. The molecule has 0 aromatic rings. The van der Waals surface area contributed by atoms with Crippen LogP contribution in [0, 0.1) is 17.8 Å². The summed E-state index contributed by atoms with van der Waals surface area (Å²) in [6.07, 6.45) is 56.8. The monoisotopic (exact) mass is 1440 g/mol. The highest BCUT2D eigenvalue weighted by Gasteiger charge is 2.30. The van der Waals surface area contributed by atoms with Crippen LogP contribution in [0.3, 0.4) is 0 Å². The van der Waals surface area contributed by atoms with Gasteiger partial charge < -0.3 is 33.8 Å². The van der Waals surface area contributed by atoms with Crippen LogP contribution in [-0.2, 0) is 65.4 Å². The van der Waals surface area contributed by atoms with Crippen molar-refractivity contribution < 1.29 is 80.2 Å². The summed E-state index contributed by atoms with van der Waals surface area (Å²) in [4.78, 5) is 73.0. The van der Waals surface area contributed by atoms with Crippen molar-refractivity contribution in [2.75, 3.05) is 39.6 Å².